The molecule has 0 spiro atoms. The summed E-state index contributed by atoms with van der Waals surface area (Å²) in [6.45, 7) is 7.35. The zero-order valence-corrected chi connectivity index (χ0v) is 11.2. The topological polar surface area (TPSA) is 62.7 Å². The second-order valence-electron chi connectivity index (χ2n) is 5.07. The number of ether oxygens (including phenoxy) is 1. The number of carbonyl (C=O) groups is 1. The highest BCUT2D eigenvalue weighted by Gasteiger charge is 2.40. The van der Waals surface area contributed by atoms with Gasteiger partial charge in [-0.2, -0.15) is 0 Å². The maximum Gasteiger partial charge on any atom is 0.252 e. The predicted molar refractivity (Wildman–Crippen MR) is 67.9 cm³/mol. The highest BCUT2D eigenvalue weighted by molar-refractivity contribution is 6.08. The number of nitrogens with zero attached hydrogens (tertiary/aromatic N) is 1. The number of methoxy groups -OCH3 is 1. The van der Waals surface area contributed by atoms with E-state index in [0.717, 1.165) is 12.8 Å². The number of nitrogens with one attached hydrogen (secondary N) is 2. The largest absolute Gasteiger partial charge is 0.383 e. The van der Waals surface area contributed by atoms with Crippen LogP contribution in [0.25, 0.3) is 0 Å². The highest BCUT2D eigenvalue weighted by atomic mass is 16.5. The average Bonchev–Trinajstić information content (AvgIpc) is 2.53. The number of rotatable bonds is 6. The third kappa shape index (κ3) is 4.00. The van der Waals surface area contributed by atoms with Crippen LogP contribution in [0.5, 0.6) is 0 Å². The van der Waals surface area contributed by atoms with E-state index in [1.165, 1.54) is 0 Å². The van der Waals surface area contributed by atoms with Gasteiger partial charge in [-0.25, -0.2) is 0 Å². The molecule has 1 amide bonds. The third-order valence-electron chi connectivity index (χ3n) is 2.91. The van der Waals surface area contributed by atoms with Crippen LogP contribution in [0.2, 0.25) is 0 Å². The van der Waals surface area contributed by atoms with E-state index in [9.17, 15) is 4.79 Å². The normalized spacial score (nSPS) is 26.4. The van der Waals surface area contributed by atoms with Crippen molar-refractivity contribution in [1.82, 2.24) is 10.6 Å². The number of aliphatic imine (C=N–C) groups is 1. The van der Waals surface area contributed by atoms with E-state index in [4.69, 9.17) is 4.74 Å². The summed E-state index contributed by atoms with van der Waals surface area (Å²) in [7, 11) is 1.63. The first-order valence-electron chi connectivity index (χ1n) is 6.11. The Bertz CT molecular complexity index is 302. The fraction of sp³-hybridized carbons (Fsp3) is 0.833. The molecule has 5 heteroatoms. The van der Waals surface area contributed by atoms with Crippen molar-refractivity contribution in [2.45, 2.75) is 39.2 Å². The second-order valence-corrected chi connectivity index (χ2v) is 5.07. The number of hydrogen-bond donors (Lipinski definition) is 2. The van der Waals surface area contributed by atoms with E-state index >= 15 is 0 Å². The lowest BCUT2D eigenvalue weighted by atomic mass is 9.92. The van der Waals surface area contributed by atoms with Gasteiger partial charge in [-0.05, 0) is 25.7 Å². The molecule has 5 nitrogen and oxygen atoms in total. The highest BCUT2D eigenvalue weighted by Crippen LogP contribution is 2.19. The van der Waals surface area contributed by atoms with Crippen molar-refractivity contribution < 1.29 is 9.53 Å². The van der Waals surface area contributed by atoms with Gasteiger partial charge in [0.15, 0.2) is 5.96 Å². The molecule has 0 aromatic rings. The van der Waals surface area contributed by atoms with E-state index < -0.39 is 5.54 Å². The summed E-state index contributed by atoms with van der Waals surface area (Å²) in [5.41, 5.74) is -0.518. The molecule has 0 aromatic carbocycles. The fourth-order valence-corrected chi connectivity index (χ4v) is 1.68. The van der Waals surface area contributed by atoms with Crippen molar-refractivity contribution >= 4 is 11.9 Å². The Morgan fingerprint density at radius 1 is 1.47 bits per heavy atom. The molecule has 1 aliphatic heterocycles. The first-order chi connectivity index (χ1) is 7.98. The van der Waals surface area contributed by atoms with Crippen LogP contribution >= 0.6 is 0 Å². The van der Waals surface area contributed by atoms with Crippen molar-refractivity contribution in [3.8, 4) is 0 Å². The number of guanidine groups is 1. The SMILES string of the molecule is COCCN=C1NC(=O)C(C)(CCC(C)C)N1. The zero-order chi connectivity index (χ0) is 12.9. The van der Waals surface area contributed by atoms with Crippen molar-refractivity contribution in [2.24, 2.45) is 10.9 Å². The maximum atomic E-state index is 11.9. The number of hydrogen-bond acceptors (Lipinski definition) is 3. The van der Waals surface area contributed by atoms with Gasteiger partial charge in [-0.1, -0.05) is 13.8 Å². The molecule has 0 saturated carbocycles. The molecular formula is C12H23N3O2. The average molecular weight is 241 g/mol. The van der Waals surface area contributed by atoms with Crippen LogP contribution in [0.15, 0.2) is 4.99 Å². The number of amides is 1. The van der Waals surface area contributed by atoms with Crippen molar-refractivity contribution in [3.05, 3.63) is 0 Å². The predicted octanol–water partition coefficient (Wildman–Crippen LogP) is 0.903. The molecule has 1 heterocycles. The van der Waals surface area contributed by atoms with E-state index in [2.05, 4.69) is 29.5 Å². The van der Waals surface area contributed by atoms with Gasteiger partial charge in [0.05, 0.1) is 13.2 Å². The lowest BCUT2D eigenvalue weighted by molar-refractivity contribution is -0.123. The van der Waals surface area contributed by atoms with Gasteiger partial charge in [0.2, 0.25) is 0 Å². The summed E-state index contributed by atoms with van der Waals surface area (Å²) in [6.07, 6.45) is 1.84. The lowest BCUT2D eigenvalue weighted by Gasteiger charge is -2.21. The summed E-state index contributed by atoms with van der Waals surface area (Å²) in [4.78, 5) is 16.1. The summed E-state index contributed by atoms with van der Waals surface area (Å²) < 4.78 is 4.91. The van der Waals surface area contributed by atoms with Crippen LogP contribution in [0.4, 0.5) is 0 Å². The Kier molecular flexibility index (Phi) is 4.93. The third-order valence-corrected chi connectivity index (χ3v) is 2.91. The molecule has 1 unspecified atom stereocenters. The summed E-state index contributed by atoms with van der Waals surface area (Å²) in [5, 5.41) is 5.94. The molecule has 17 heavy (non-hydrogen) atoms. The molecule has 1 fully saturated rings. The quantitative estimate of drug-likeness (QED) is 0.679. The minimum atomic E-state index is -0.518. The van der Waals surface area contributed by atoms with Gasteiger partial charge < -0.3 is 10.1 Å². The summed E-state index contributed by atoms with van der Waals surface area (Å²) in [6, 6.07) is 0. The van der Waals surface area contributed by atoms with Crippen LogP contribution < -0.4 is 10.6 Å². The molecule has 2 N–H and O–H groups in total. The number of carbonyl (C=O) groups excluding carboxylic acids is 1. The molecule has 1 saturated heterocycles. The van der Waals surface area contributed by atoms with Crippen molar-refractivity contribution in [3.63, 3.8) is 0 Å². The molecule has 1 aliphatic rings. The van der Waals surface area contributed by atoms with E-state index in [0.29, 0.717) is 25.0 Å². The second kappa shape index (κ2) is 6.00. The van der Waals surface area contributed by atoms with Gasteiger partial charge >= 0.3 is 0 Å². The van der Waals surface area contributed by atoms with Crippen LogP contribution in [-0.2, 0) is 9.53 Å². The van der Waals surface area contributed by atoms with Gasteiger partial charge in [-0.3, -0.25) is 15.1 Å². The van der Waals surface area contributed by atoms with Gasteiger partial charge in [0.25, 0.3) is 5.91 Å². The van der Waals surface area contributed by atoms with E-state index in [1.54, 1.807) is 7.11 Å². The van der Waals surface area contributed by atoms with Gasteiger partial charge in [0.1, 0.15) is 5.54 Å². The Balaban J connectivity index is 2.53. The molecule has 98 valence electrons. The maximum absolute atomic E-state index is 11.9. The Morgan fingerprint density at radius 3 is 2.76 bits per heavy atom. The molecule has 1 rings (SSSR count). The Morgan fingerprint density at radius 2 is 2.18 bits per heavy atom. The zero-order valence-electron chi connectivity index (χ0n) is 11.2. The first kappa shape index (κ1) is 14.0. The molecule has 0 radical (unpaired) electrons. The monoisotopic (exact) mass is 241 g/mol. The Hall–Kier alpha value is -1.10. The minimum absolute atomic E-state index is 0.00863. The van der Waals surface area contributed by atoms with Crippen LogP contribution in [0, 0.1) is 5.92 Å². The Labute approximate surface area is 103 Å². The molecular weight excluding hydrogens is 218 g/mol. The van der Waals surface area contributed by atoms with Crippen LogP contribution in [0.3, 0.4) is 0 Å². The molecule has 0 aliphatic carbocycles. The lowest BCUT2D eigenvalue weighted by Crippen LogP contribution is -2.43. The minimum Gasteiger partial charge on any atom is -0.383 e. The van der Waals surface area contributed by atoms with E-state index in [1.807, 2.05) is 6.92 Å². The standard InChI is InChI=1S/C12H23N3O2/c1-9(2)5-6-12(3)10(16)14-11(15-12)13-7-8-17-4/h9H,5-8H2,1-4H3,(H2,13,14,15,16). The van der Waals surface area contributed by atoms with Gasteiger partial charge in [-0.15, -0.1) is 0 Å². The van der Waals surface area contributed by atoms with E-state index in [-0.39, 0.29) is 5.91 Å². The molecule has 1 atom stereocenters. The summed E-state index contributed by atoms with van der Waals surface area (Å²) >= 11 is 0. The molecule has 0 aromatic heterocycles. The van der Waals surface area contributed by atoms with Crippen molar-refractivity contribution in [2.75, 3.05) is 20.3 Å². The molecule has 0 bridgehead atoms. The fourth-order valence-electron chi connectivity index (χ4n) is 1.68. The smallest absolute Gasteiger partial charge is 0.252 e. The first-order valence-corrected chi connectivity index (χ1v) is 6.11. The summed E-state index contributed by atoms with van der Waals surface area (Å²) in [5.74, 6) is 1.17. The van der Waals surface area contributed by atoms with Crippen LogP contribution in [-0.4, -0.2) is 37.7 Å². The van der Waals surface area contributed by atoms with Gasteiger partial charge in [0, 0.05) is 7.11 Å². The van der Waals surface area contributed by atoms with Crippen LogP contribution in [0.1, 0.15) is 33.6 Å². The van der Waals surface area contributed by atoms with Crippen molar-refractivity contribution in [1.29, 1.82) is 0 Å².